The summed E-state index contributed by atoms with van der Waals surface area (Å²) < 4.78 is 33.0. The number of ether oxygens (including phenoxy) is 1. The highest BCUT2D eigenvalue weighted by Gasteiger charge is 2.39. The summed E-state index contributed by atoms with van der Waals surface area (Å²) in [6.07, 6.45) is 1.57. The van der Waals surface area contributed by atoms with Crippen LogP contribution < -0.4 is 0 Å². The highest BCUT2D eigenvalue weighted by molar-refractivity contribution is 5.94. The van der Waals surface area contributed by atoms with Crippen molar-refractivity contribution in [3.8, 4) is 0 Å². The summed E-state index contributed by atoms with van der Waals surface area (Å²) in [5.41, 5.74) is 1.57. The summed E-state index contributed by atoms with van der Waals surface area (Å²) >= 11 is 0. The standard InChI is InChI=1S/C23H18F2N2O3/c24-17-8-6-15(7-9-17)19(18-10-11-26-13-20(18)25)12-22(28)27-21(14-30-23(27)29)16-4-2-1-3-5-16/h1-11,13,19,21H,12,14H2/t19-,21-/m0/s1. The Balaban J connectivity index is 1.67. The zero-order valence-corrected chi connectivity index (χ0v) is 15.9. The molecule has 1 aliphatic heterocycles. The fourth-order valence-electron chi connectivity index (χ4n) is 3.66. The second-order valence-corrected chi connectivity index (χ2v) is 6.97. The van der Waals surface area contributed by atoms with Crippen LogP contribution in [0.4, 0.5) is 13.6 Å². The predicted octanol–water partition coefficient (Wildman–Crippen LogP) is 4.60. The molecule has 0 bridgehead atoms. The number of carbonyl (C=O) groups is 2. The van der Waals surface area contributed by atoms with E-state index in [1.807, 2.05) is 30.3 Å². The molecule has 0 saturated carbocycles. The molecule has 2 amide bonds. The highest BCUT2D eigenvalue weighted by Crippen LogP contribution is 2.34. The van der Waals surface area contributed by atoms with Crippen LogP contribution in [-0.4, -0.2) is 28.5 Å². The maximum absolute atomic E-state index is 14.5. The molecule has 1 fully saturated rings. The first-order chi connectivity index (χ1) is 14.5. The second kappa shape index (κ2) is 8.41. The van der Waals surface area contributed by atoms with Gasteiger partial charge in [0.05, 0.1) is 6.20 Å². The lowest BCUT2D eigenvalue weighted by molar-refractivity contribution is -0.129. The van der Waals surface area contributed by atoms with E-state index in [1.54, 1.807) is 0 Å². The largest absolute Gasteiger partial charge is 0.446 e. The van der Waals surface area contributed by atoms with Crippen molar-refractivity contribution in [3.63, 3.8) is 0 Å². The van der Waals surface area contributed by atoms with Crippen molar-refractivity contribution in [2.75, 3.05) is 6.61 Å². The smallest absolute Gasteiger partial charge is 0.417 e. The lowest BCUT2D eigenvalue weighted by Gasteiger charge is -2.24. The molecule has 0 unspecified atom stereocenters. The van der Waals surface area contributed by atoms with E-state index in [4.69, 9.17) is 4.74 Å². The molecule has 0 aliphatic carbocycles. The van der Waals surface area contributed by atoms with Crippen molar-refractivity contribution >= 4 is 12.0 Å². The lowest BCUT2D eigenvalue weighted by atomic mass is 9.88. The Bertz CT molecular complexity index is 1060. The van der Waals surface area contributed by atoms with Gasteiger partial charge in [0, 0.05) is 18.5 Å². The van der Waals surface area contributed by atoms with Gasteiger partial charge in [-0.15, -0.1) is 0 Å². The Morgan fingerprint density at radius 1 is 1.10 bits per heavy atom. The van der Waals surface area contributed by atoms with Gasteiger partial charge in [-0.05, 0) is 34.9 Å². The maximum atomic E-state index is 14.5. The van der Waals surface area contributed by atoms with Gasteiger partial charge in [0.25, 0.3) is 0 Å². The molecule has 152 valence electrons. The minimum absolute atomic E-state index is 0.0550. The van der Waals surface area contributed by atoms with Crippen LogP contribution in [0.25, 0.3) is 0 Å². The number of halogens is 2. The van der Waals surface area contributed by atoms with Gasteiger partial charge < -0.3 is 4.74 Å². The fraction of sp³-hybridized carbons (Fsp3) is 0.174. The highest BCUT2D eigenvalue weighted by atomic mass is 19.1. The third-order valence-corrected chi connectivity index (χ3v) is 5.16. The van der Waals surface area contributed by atoms with E-state index in [2.05, 4.69) is 4.98 Å². The van der Waals surface area contributed by atoms with Crippen LogP contribution in [-0.2, 0) is 9.53 Å². The number of carbonyl (C=O) groups excluding carboxylic acids is 2. The number of amides is 2. The zero-order valence-electron chi connectivity index (χ0n) is 15.9. The van der Waals surface area contributed by atoms with Crippen molar-refractivity contribution in [3.05, 3.63) is 101 Å². The van der Waals surface area contributed by atoms with E-state index in [0.717, 1.165) is 16.7 Å². The third-order valence-electron chi connectivity index (χ3n) is 5.16. The first-order valence-electron chi connectivity index (χ1n) is 9.43. The monoisotopic (exact) mass is 408 g/mol. The van der Waals surface area contributed by atoms with E-state index in [0.29, 0.717) is 5.56 Å². The number of hydrogen-bond donors (Lipinski definition) is 0. The van der Waals surface area contributed by atoms with Crippen molar-refractivity contribution in [2.24, 2.45) is 0 Å². The second-order valence-electron chi connectivity index (χ2n) is 6.97. The number of benzene rings is 2. The number of hydrogen-bond acceptors (Lipinski definition) is 4. The summed E-state index contributed by atoms with van der Waals surface area (Å²) in [5, 5.41) is 0. The summed E-state index contributed by atoms with van der Waals surface area (Å²) in [4.78, 5) is 30.3. The molecule has 2 aromatic carbocycles. The van der Waals surface area contributed by atoms with Crippen molar-refractivity contribution < 1.29 is 23.1 Å². The molecule has 30 heavy (non-hydrogen) atoms. The van der Waals surface area contributed by atoms with Crippen LogP contribution >= 0.6 is 0 Å². The first-order valence-corrected chi connectivity index (χ1v) is 9.43. The molecule has 4 rings (SSSR count). The maximum Gasteiger partial charge on any atom is 0.417 e. The molecule has 5 nitrogen and oxygen atoms in total. The molecule has 0 spiro atoms. The lowest BCUT2D eigenvalue weighted by Crippen LogP contribution is -2.35. The Kier molecular flexibility index (Phi) is 5.52. The van der Waals surface area contributed by atoms with Gasteiger partial charge in [-0.1, -0.05) is 42.5 Å². The molecule has 1 aromatic heterocycles. The molecule has 0 radical (unpaired) electrons. The molecule has 7 heteroatoms. The molecule has 2 heterocycles. The van der Waals surface area contributed by atoms with Gasteiger partial charge in [0.2, 0.25) is 5.91 Å². The van der Waals surface area contributed by atoms with E-state index in [9.17, 15) is 18.4 Å². The van der Waals surface area contributed by atoms with E-state index >= 15 is 0 Å². The van der Waals surface area contributed by atoms with Gasteiger partial charge in [0.15, 0.2) is 0 Å². The van der Waals surface area contributed by atoms with Gasteiger partial charge in [-0.2, -0.15) is 0 Å². The average molecular weight is 408 g/mol. The van der Waals surface area contributed by atoms with Gasteiger partial charge >= 0.3 is 6.09 Å². The molecule has 1 aliphatic rings. The van der Waals surface area contributed by atoms with E-state index in [1.165, 1.54) is 36.5 Å². The summed E-state index contributed by atoms with van der Waals surface area (Å²) in [6.45, 7) is 0.0550. The van der Waals surface area contributed by atoms with E-state index < -0.39 is 35.6 Å². The number of rotatable bonds is 5. The van der Waals surface area contributed by atoms with Crippen LogP contribution in [0.3, 0.4) is 0 Å². The topological polar surface area (TPSA) is 59.5 Å². The Hall–Kier alpha value is -3.61. The van der Waals surface area contributed by atoms with Gasteiger partial charge in [-0.25, -0.2) is 18.5 Å². The normalized spacial score (nSPS) is 16.9. The minimum Gasteiger partial charge on any atom is -0.446 e. The Labute approximate surface area is 171 Å². The van der Waals surface area contributed by atoms with Crippen LogP contribution in [0.5, 0.6) is 0 Å². The van der Waals surface area contributed by atoms with E-state index in [-0.39, 0.29) is 18.6 Å². The SMILES string of the molecule is O=C(C[C@@H](c1ccc(F)cc1)c1ccncc1F)N1C(=O)OC[C@H]1c1ccccc1. The number of pyridine rings is 1. The van der Waals surface area contributed by atoms with Gasteiger partial charge in [0.1, 0.15) is 24.3 Å². The van der Waals surface area contributed by atoms with Crippen LogP contribution in [0.2, 0.25) is 0 Å². The fourth-order valence-corrected chi connectivity index (χ4v) is 3.66. The Morgan fingerprint density at radius 2 is 1.83 bits per heavy atom. The number of nitrogens with zero attached hydrogens (tertiary/aromatic N) is 2. The minimum atomic E-state index is -0.734. The first kappa shape index (κ1) is 19.7. The Morgan fingerprint density at radius 3 is 2.53 bits per heavy atom. The van der Waals surface area contributed by atoms with Crippen LogP contribution in [0.1, 0.15) is 35.1 Å². The van der Waals surface area contributed by atoms with Crippen molar-refractivity contribution in [2.45, 2.75) is 18.4 Å². The molecule has 1 saturated heterocycles. The predicted molar refractivity (Wildman–Crippen MR) is 104 cm³/mol. The molecular formula is C23H18F2N2O3. The molecule has 3 aromatic rings. The summed E-state index contributed by atoms with van der Waals surface area (Å²) in [5.74, 6) is -2.24. The number of aromatic nitrogens is 1. The molecular weight excluding hydrogens is 390 g/mol. The third kappa shape index (κ3) is 3.91. The average Bonchev–Trinajstić information content (AvgIpc) is 3.15. The molecule has 2 atom stereocenters. The zero-order chi connectivity index (χ0) is 21.1. The summed E-state index contributed by atoms with van der Waals surface area (Å²) in [6, 6.07) is 15.5. The quantitative estimate of drug-likeness (QED) is 0.619. The number of imide groups is 1. The summed E-state index contributed by atoms with van der Waals surface area (Å²) in [7, 11) is 0. The van der Waals surface area contributed by atoms with Crippen LogP contribution in [0.15, 0.2) is 73.1 Å². The molecule has 0 N–H and O–H groups in total. The van der Waals surface area contributed by atoms with Crippen molar-refractivity contribution in [1.82, 2.24) is 9.88 Å². The van der Waals surface area contributed by atoms with Crippen LogP contribution in [0, 0.1) is 11.6 Å². The van der Waals surface area contributed by atoms with Crippen molar-refractivity contribution in [1.29, 1.82) is 0 Å². The van der Waals surface area contributed by atoms with Gasteiger partial charge in [-0.3, -0.25) is 9.78 Å². The number of cyclic esters (lactones) is 1.